The summed E-state index contributed by atoms with van der Waals surface area (Å²) in [6, 6.07) is 9.76. The van der Waals surface area contributed by atoms with Crippen LogP contribution in [0, 0.1) is 20.8 Å². The Kier molecular flexibility index (Phi) is 3.91. The zero-order chi connectivity index (χ0) is 18.3. The number of benzene rings is 1. The number of nitrogens with zero attached hydrogens (tertiary/aromatic N) is 5. The smallest absolute Gasteiger partial charge is 0.272 e. The Morgan fingerprint density at radius 3 is 2.54 bits per heavy atom. The van der Waals surface area contributed by atoms with Gasteiger partial charge in [0.2, 0.25) is 0 Å². The molecule has 0 bridgehead atoms. The Labute approximate surface area is 150 Å². The Morgan fingerprint density at radius 2 is 1.85 bits per heavy atom. The maximum absolute atomic E-state index is 12.4. The predicted molar refractivity (Wildman–Crippen MR) is 99.2 cm³/mol. The van der Waals surface area contributed by atoms with Gasteiger partial charge in [-0.1, -0.05) is 29.8 Å². The van der Waals surface area contributed by atoms with Crippen LogP contribution in [0.3, 0.4) is 0 Å². The van der Waals surface area contributed by atoms with Crippen molar-refractivity contribution in [1.82, 2.24) is 29.4 Å². The van der Waals surface area contributed by atoms with E-state index in [0.717, 1.165) is 28.5 Å². The van der Waals surface area contributed by atoms with Crippen molar-refractivity contribution in [2.24, 2.45) is 0 Å². The summed E-state index contributed by atoms with van der Waals surface area (Å²) in [6.45, 7) is 6.48. The van der Waals surface area contributed by atoms with Gasteiger partial charge in [-0.15, -0.1) is 0 Å². The van der Waals surface area contributed by atoms with Crippen molar-refractivity contribution in [3.05, 3.63) is 69.8 Å². The quantitative estimate of drug-likeness (QED) is 0.614. The van der Waals surface area contributed by atoms with Crippen LogP contribution in [0.5, 0.6) is 0 Å². The Bertz CT molecular complexity index is 1130. The van der Waals surface area contributed by atoms with Crippen LogP contribution >= 0.6 is 0 Å². The summed E-state index contributed by atoms with van der Waals surface area (Å²) in [7, 11) is 0. The lowest BCUT2D eigenvalue weighted by Crippen LogP contribution is -2.17. The second kappa shape index (κ2) is 6.25. The Morgan fingerprint density at radius 1 is 1.08 bits per heavy atom. The number of fused-ring (bicyclic) bond motifs is 1. The first-order valence-corrected chi connectivity index (χ1v) is 8.56. The standard InChI is InChI=1S/C19H20N6O/c1-12-4-6-15(7-5-12)17-11-20-25-18(26)10-16(22-19(17)25)8-9-24-14(3)21-13(2)23-24/h4-7,10-11,20H,8-9H2,1-3H3. The third-order valence-electron chi connectivity index (χ3n) is 4.46. The maximum Gasteiger partial charge on any atom is 0.272 e. The molecule has 7 nitrogen and oxygen atoms in total. The highest BCUT2D eigenvalue weighted by Crippen LogP contribution is 2.23. The summed E-state index contributed by atoms with van der Waals surface area (Å²) in [5.41, 5.74) is 4.41. The van der Waals surface area contributed by atoms with Crippen LogP contribution in [-0.2, 0) is 13.0 Å². The van der Waals surface area contributed by atoms with Crippen molar-refractivity contribution >= 4 is 5.65 Å². The minimum atomic E-state index is -0.116. The molecule has 3 heterocycles. The molecule has 0 radical (unpaired) electrons. The average Bonchev–Trinajstić information content (AvgIpc) is 3.17. The van der Waals surface area contributed by atoms with Gasteiger partial charge in [0.1, 0.15) is 11.6 Å². The molecule has 0 saturated carbocycles. The highest BCUT2D eigenvalue weighted by atomic mass is 16.1. The molecule has 26 heavy (non-hydrogen) atoms. The highest BCUT2D eigenvalue weighted by Gasteiger charge is 2.11. The summed E-state index contributed by atoms with van der Waals surface area (Å²) >= 11 is 0. The SMILES string of the molecule is Cc1ccc(-c2c[nH]n3c(=O)cc(CCn4nc(C)nc4C)nc23)cc1. The van der Waals surface area contributed by atoms with E-state index in [0.29, 0.717) is 18.6 Å². The van der Waals surface area contributed by atoms with Gasteiger partial charge in [0.25, 0.3) is 5.56 Å². The van der Waals surface area contributed by atoms with Crippen LogP contribution in [0.1, 0.15) is 22.9 Å². The molecule has 0 fully saturated rings. The van der Waals surface area contributed by atoms with Gasteiger partial charge in [0.15, 0.2) is 5.65 Å². The highest BCUT2D eigenvalue weighted by molar-refractivity contribution is 5.77. The first-order chi connectivity index (χ1) is 12.5. The van der Waals surface area contributed by atoms with Crippen molar-refractivity contribution < 1.29 is 0 Å². The number of hydrogen-bond donors (Lipinski definition) is 1. The van der Waals surface area contributed by atoms with Crippen molar-refractivity contribution in [3.63, 3.8) is 0 Å². The Balaban J connectivity index is 1.70. The van der Waals surface area contributed by atoms with E-state index in [2.05, 4.69) is 27.3 Å². The van der Waals surface area contributed by atoms with Gasteiger partial charge in [-0.3, -0.25) is 9.89 Å². The van der Waals surface area contributed by atoms with E-state index in [1.54, 1.807) is 6.07 Å². The van der Waals surface area contributed by atoms with E-state index in [1.165, 1.54) is 10.1 Å². The van der Waals surface area contributed by atoms with E-state index in [-0.39, 0.29) is 5.56 Å². The normalized spacial score (nSPS) is 11.3. The van der Waals surface area contributed by atoms with Crippen molar-refractivity contribution in [2.75, 3.05) is 0 Å². The van der Waals surface area contributed by atoms with E-state index in [9.17, 15) is 4.79 Å². The first kappa shape index (κ1) is 16.3. The van der Waals surface area contributed by atoms with Gasteiger partial charge in [-0.2, -0.15) is 5.10 Å². The van der Waals surface area contributed by atoms with E-state index in [4.69, 9.17) is 4.98 Å². The molecular formula is C19H20N6O. The number of hydrogen-bond acceptors (Lipinski definition) is 4. The molecule has 132 valence electrons. The summed E-state index contributed by atoms with van der Waals surface area (Å²) < 4.78 is 3.32. The monoisotopic (exact) mass is 348 g/mol. The third kappa shape index (κ3) is 2.92. The second-order valence-electron chi connectivity index (χ2n) is 6.48. The molecule has 0 aliphatic heterocycles. The molecule has 0 atom stereocenters. The molecule has 3 aromatic heterocycles. The van der Waals surface area contributed by atoms with Gasteiger partial charge >= 0.3 is 0 Å². The molecular weight excluding hydrogens is 328 g/mol. The molecule has 0 aliphatic carbocycles. The largest absolute Gasteiger partial charge is 0.296 e. The lowest BCUT2D eigenvalue weighted by molar-refractivity contribution is 0.585. The number of aromatic nitrogens is 6. The molecule has 4 rings (SSSR count). The molecule has 1 N–H and O–H groups in total. The molecule has 1 aromatic carbocycles. The van der Waals surface area contributed by atoms with E-state index in [1.807, 2.05) is 43.8 Å². The van der Waals surface area contributed by atoms with Crippen LogP contribution < -0.4 is 5.56 Å². The summed E-state index contributed by atoms with van der Waals surface area (Å²) in [5.74, 6) is 1.61. The van der Waals surface area contributed by atoms with Crippen molar-refractivity contribution in [2.45, 2.75) is 33.7 Å². The molecule has 7 heteroatoms. The number of nitrogens with one attached hydrogen (secondary N) is 1. The van der Waals surface area contributed by atoms with Crippen LogP contribution in [0.15, 0.2) is 41.3 Å². The van der Waals surface area contributed by atoms with Crippen LogP contribution in [0.25, 0.3) is 16.8 Å². The fourth-order valence-corrected chi connectivity index (χ4v) is 3.10. The average molecular weight is 348 g/mol. The molecule has 0 unspecified atom stereocenters. The van der Waals surface area contributed by atoms with Gasteiger partial charge in [-0.25, -0.2) is 19.2 Å². The Hall–Kier alpha value is -3.22. The molecule has 0 saturated heterocycles. The van der Waals surface area contributed by atoms with Gasteiger partial charge < -0.3 is 0 Å². The van der Waals surface area contributed by atoms with Crippen LogP contribution in [-0.4, -0.2) is 29.4 Å². The van der Waals surface area contributed by atoms with Gasteiger partial charge in [0.05, 0.1) is 5.69 Å². The lowest BCUT2D eigenvalue weighted by Gasteiger charge is -2.05. The fraction of sp³-hybridized carbons (Fsp3) is 0.263. The zero-order valence-corrected chi connectivity index (χ0v) is 15.0. The lowest BCUT2D eigenvalue weighted by atomic mass is 10.1. The molecule has 0 amide bonds. The molecule has 4 aromatic rings. The predicted octanol–water partition coefficient (Wildman–Crippen LogP) is 2.45. The minimum Gasteiger partial charge on any atom is -0.296 e. The van der Waals surface area contributed by atoms with E-state index < -0.39 is 0 Å². The molecule has 0 aliphatic rings. The van der Waals surface area contributed by atoms with Crippen LogP contribution in [0.4, 0.5) is 0 Å². The summed E-state index contributed by atoms with van der Waals surface area (Å²) in [5, 5.41) is 7.36. The van der Waals surface area contributed by atoms with Crippen LogP contribution in [0.2, 0.25) is 0 Å². The zero-order valence-electron chi connectivity index (χ0n) is 15.0. The first-order valence-electron chi connectivity index (χ1n) is 8.56. The van der Waals surface area contributed by atoms with Crippen molar-refractivity contribution in [1.29, 1.82) is 0 Å². The van der Waals surface area contributed by atoms with E-state index >= 15 is 0 Å². The molecule has 0 spiro atoms. The second-order valence-corrected chi connectivity index (χ2v) is 6.48. The third-order valence-corrected chi connectivity index (χ3v) is 4.46. The number of H-pyrrole nitrogens is 1. The van der Waals surface area contributed by atoms with Crippen molar-refractivity contribution in [3.8, 4) is 11.1 Å². The minimum absolute atomic E-state index is 0.116. The number of aromatic amines is 1. The topological polar surface area (TPSA) is 80.9 Å². The maximum atomic E-state index is 12.4. The summed E-state index contributed by atoms with van der Waals surface area (Å²) in [4.78, 5) is 21.5. The number of aryl methyl sites for hydroxylation is 5. The number of rotatable bonds is 4. The fourth-order valence-electron chi connectivity index (χ4n) is 3.10. The summed E-state index contributed by atoms with van der Waals surface area (Å²) in [6.07, 6.45) is 2.44. The van der Waals surface area contributed by atoms with Gasteiger partial charge in [0, 0.05) is 30.8 Å². The van der Waals surface area contributed by atoms with Gasteiger partial charge in [-0.05, 0) is 26.3 Å².